The highest BCUT2D eigenvalue weighted by Gasteiger charge is 2.27. The Morgan fingerprint density at radius 3 is 2.00 bits per heavy atom. The Balaban J connectivity index is 4.30. The molecule has 0 saturated carbocycles. The maximum absolute atomic E-state index is 11.7. The molecule has 0 spiro atoms. The van der Waals surface area contributed by atoms with E-state index in [1.807, 2.05) is 41.5 Å². The first-order chi connectivity index (χ1) is 8.23. The summed E-state index contributed by atoms with van der Waals surface area (Å²) in [7, 11) is 0. The number of amides is 1. The number of carbonyl (C=O) groups is 1. The third kappa shape index (κ3) is 8.83. The molecule has 0 aliphatic rings. The van der Waals surface area contributed by atoms with Gasteiger partial charge in [0.15, 0.2) is 0 Å². The number of rotatable bonds is 5. The summed E-state index contributed by atoms with van der Waals surface area (Å²) in [5, 5.41) is 15.9. The monoisotopic (exact) mass is 274 g/mol. The maximum Gasteiger partial charge on any atom is 0.408 e. The molecule has 5 nitrogen and oxygen atoms in total. The number of hydrogen-bond donors (Lipinski definition) is 3. The van der Waals surface area contributed by atoms with Crippen LogP contribution in [0.4, 0.5) is 4.79 Å². The van der Waals surface area contributed by atoms with Gasteiger partial charge in [-0.1, -0.05) is 0 Å². The summed E-state index contributed by atoms with van der Waals surface area (Å²) in [6.07, 6.45) is -0.435. The van der Waals surface area contributed by atoms with E-state index in [1.54, 1.807) is 13.8 Å². The number of ether oxygens (including phenoxy) is 1. The van der Waals surface area contributed by atoms with Gasteiger partial charge >= 0.3 is 6.09 Å². The van der Waals surface area contributed by atoms with Crippen LogP contribution in [0.5, 0.6) is 0 Å². The van der Waals surface area contributed by atoms with Crippen molar-refractivity contribution in [3.05, 3.63) is 0 Å². The Kier molecular flexibility index (Phi) is 5.83. The van der Waals surface area contributed by atoms with Gasteiger partial charge in [-0.05, 0) is 55.4 Å². The molecule has 5 heteroatoms. The van der Waals surface area contributed by atoms with Gasteiger partial charge in [0.2, 0.25) is 0 Å². The number of carbonyl (C=O) groups excluding carboxylic acids is 1. The molecule has 1 unspecified atom stereocenters. The minimum Gasteiger partial charge on any atom is -0.444 e. The Labute approximate surface area is 117 Å². The number of nitrogens with one attached hydrogen (secondary N) is 2. The van der Waals surface area contributed by atoms with Crippen molar-refractivity contribution in [1.82, 2.24) is 10.6 Å². The molecule has 0 aromatic carbocycles. The first kappa shape index (κ1) is 18.2. The van der Waals surface area contributed by atoms with Gasteiger partial charge in [0.25, 0.3) is 0 Å². The molecule has 1 atom stereocenters. The van der Waals surface area contributed by atoms with Gasteiger partial charge < -0.3 is 20.5 Å². The second-order valence-electron chi connectivity index (χ2n) is 7.27. The lowest BCUT2D eigenvalue weighted by atomic mass is 9.99. The fourth-order valence-corrected chi connectivity index (χ4v) is 1.28. The molecule has 0 aromatic heterocycles. The lowest BCUT2D eigenvalue weighted by Gasteiger charge is -2.33. The highest BCUT2D eigenvalue weighted by Crippen LogP contribution is 2.11. The Bertz CT molecular complexity index is 301. The van der Waals surface area contributed by atoms with Crippen molar-refractivity contribution in [2.24, 2.45) is 0 Å². The quantitative estimate of drug-likeness (QED) is 0.717. The van der Waals surface area contributed by atoms with Crippen molar-refractivity contribution in [3.63, 3.8) is 0 Å². The van der Waals surface area contributed by atoms with Crippen LogP contribution in [0.1, 0.15) is 55.4 Å². The summed E-state index contributed by atoms with van der Waals surface area (Å²) >= 11 is 0. The normalized spacial score (nSPS) is 15.0. The van der Waals surface area contributed by atoms with Crippen LogP contribution in [0.25, 0.3) is 0 Å². The molecule has 0 rings (SSSR count). The van der Waals surface area contributed by atoms with E-state index in [1.165, 1.54) is 0 Å². The average molecular weight is 274 g/mol. The van der Waals surface area contributed by atoms with Crippen LogP contribution < -0.4 is 10.6 Å². The SMILES string of the molecule is CC(NCC(C)(C)NC(=O)OC(C)(C)C)C(C)(C)O. The molecule has 0 aromatic rings. The third-order valence-corrected chi connectivity index (χ3v) is 2.75. The van der Waals surface area contributed by atoms with Crippen LogP contribution in [-0.2, 0) is 4.74 Å². The largest absolute Gasteiger partial charge is 0.444 e. The molecule has 3 N–H and O–H groups in total. The first-order valence-corrected chi connectivity index (χ1v) is 6.70. The molecule has 0 aliphatic carbocycles. The molecular formula is C14H30N2O3. The van der Waals surface area contributed by atoms with Gasteiger partial charge in [-0.25, -0.2) is 4.79 Å². The summed E-state index contributed by atoms with van der Waals surface area (Å²) in [6.45, 7) is 15.2. The highest BCUT2D eigenvalue weighted by atomic mass is 16.6. The van der Waals surface area contributed by atoms with Crippen LogP contribution >= 0.6 is 0 Å². The molecule has 0 fully saturated rings. The molecule has 0 saturated heterocycles. The number of hydrogen-bond acceptors (Lipinski definition) is 4. The van der Waals surface area contributed by atoms with E-state index in [0.29, 0.717) is 6.54 Å². The Hall–Kier alpha value is -0.810. The standard InChI is InChI=1S/C14H30N2O3/c1-10(14(7,8)18)15-9-13(5,6)16-11(17)19-12(2,3)4/h10,15,18H,9H2,1-8H3,(H,16,17). The zero-order valence-corrected chi connectivity index (χ0v) is 13.5. The first-order valence-electron chi connectivity index (χ1n) is 6.70. The van der Waals surface area contributed by atoms with Crippen LogP contribution in [-0.4, -0.2) is 40.5 Å². The van der Waals surface area contributed by atoms with Gasteiger partial charge in [0.05, 0.1) is 11.1 Å². The Morgan fingerprint density at radius 1 is 1.16 bits per heavy atom. The number of aliphatic hydroxyl groups is 1. The van der Waals surface area contributed by atoms with Crippen LogP contribution in [0.3, 0.4) is 0 Å². The van der Waals surface area contributed by atoms with Crippen LogP contribution in [0.15, 0.2) is 0 Å². The second-order valence-corrected chi connectivity index (χ2v) is 7.27. The molecular weight excluding hydrogens is 244 g/mol. The van der Waals surface area contributed by atoms with E-state index < -0.39 is 22.8 Å². The molecule has 0 aliphatic heterocycles. The van der Waals surface area contributed by atoms with Gasteiger partial charge in [0, 0.05) is 12.6 Å². The van der Waals surface area contributed by atoms with Crippen molar-refractivity contribution >= 4 is 6.09 Å². The van der Waals surface area contributed by atoms with E-state index in [0.717, 1.165) is 0 Å². The van der Waals surface area contributed by atoms with Crippen LogP contribution in [0.2, 0.25) is 0 Å². The van der Waals surface area contributed by atoms with Crippen molar-refractivity contribution < 1.29 is 14.6 Å². The predicted molar refractivity (Wildman–Crippen MR) is 77.2 cm³/mol. The molecule has 1 amide bonds. The number of alkyl carbamates (subject to hydrolysis) is 1. The summed E-state index contributed by atoms with van der Waals surface area (Å²) < 4.78 is 5.22. The van der Waals surface area contributed by atoms with Crippen LogP contribution in [0, 0.1) is 0 Å². The van der Waals surface area contributed by atoms with E-state index in [9.17, 15) is 9.90 Å². The van der Waals surface area contributed by atoms with Crippen molar-refractivity contribution in [2.45, 2.75) is 78.2 Å². The summed E-state index contributed by atoms with van der Waals surface area (Å²) in [4.78, 5) is 11.7. The summed E-state index contributed by atoms with van der Waals surface area (Å²) in [5.74, 6) is 0. The fourth-order valence-electron chi connectivity index (χ4n) is 1.28. The lowest BCUT2D eigenvalue weighted by molar-refractivity contribution is 0.0381. The van der Waals surface area contributed by atoms with E-state index in [-0.39, 0.29) is 6.04 Å². The minimum absolute atomic E-state index is 0.0767. The third-order valence-electron chi connectivity index (χ3n) is 2.75. The van der Waals surface area contributed by atoms with Crippen molar-refractivity contribution in [2.75, 3.05) is 6.54 Å². The second kappa shape index (κ2) is 6.09. The molecule has 114 valence electrons. The van der Waals surface area contributed by atoms with E-state index >= 15 is 0 Å². The van der Waals surface area contributed by atoms with E-state index in [4.69, 9.17) is 4.74 Å². The van der Waals surface area contributed by atoms with Gasteiger partial charge in [-0.3, -0.25) is 0 Å². The minimum atomic E-state index is -0.804. The van der Waals surface area contributed by atoms with Crippen molar-refractivity contribution in [3.8, 4) is 0 Å². The van der Waals surface area contributed by atoms with Crippen molar-refractivity contribution in [1.29, 1.82) is 0 Å². The summed E-state index contributed by atoms with van der Waals surface area (Å²) in [5.41, 5.74) is -1.77. The van der Waals surface area contributed by atoms with Gasteiger partial charge in [0.1, 0.15) is 5.60 Å². The average Bonchev–Trinajstić information content (AvgIpc) is 2.08. The smallest absolute Gasteiger partial charge is 0.408 e. The highest BCUT2D eigenvalue weighted by molar-refractivity contribution is 5.68. The maximum atomic E-state index is 11.7. The zero-order valence-electron chi connectivity index (χ0n) is 13.5. The lowest BCUT2D eigenvalue weighted by Crippen LogP contribution is -2.55. The predicted octanol–water partition coefficient (Wildman–Crippen LogP) is 2.04. The van der Waals surface area contributed by atoms with Gasteiger partial charge in [-0.2, -0.15) is 0 Å². The van der Waals surface area contributed by atoms with Gasteiger partial charge in [-0.15, -0.1) is 0 Å². The fraction of sp³-hybridized carbons (Fsp3) is 0.929. The molecule has 0 bridgehead atoms. The Morgan fingerprint density at radius 2 is 1.63 bits per heavy atom. The molecule has 0 heterocycles. The topological polar surface area (TPSA) is 70.6 Å². The summed E-state index contributed by atoms with van der Waals surface area (Å²) in [6, 6.07) is -0.0767. The zero-order chi connectivity index (χ0) is 15.5. The molecule has 0 radical (unpaired) electrons. The molecule has 19 heavy (non-hydrogen) atoms. The van der Waals surface area contributed by atoms with E-state index in [2.05, 4.69) is 10.6 Å².